The van der Waals surface area contributed by atoms with E-state index in [0.29, 0.717) is 22.9 Å². The predicted octanol–water partition coefficient (Wildman–Crippen LogP) is 6.61. The largest absolute Gasteiger partial charge is 0.337 e. The number of aromatic nitrogens is 6. The quantitative estimate of drug-likeness (QED) is 0.218. The number of fused-ring (bicyclic) bond motifs is 2. The number of imidazole rings is 1. The van der Waals surface area contributed by atoms with Gasteiger partial charge in [-0.3, -0.25) is 19.9 Å². The zero-order chi connectivity index (χ0) is 27.1. The van der Waals surface area contributed by atoms with Crippen molar-refractivity contribution in [3.8, 4) is 33.2 Å². The third kappa shape index (κ3) is 4.50. The molecule has 7 aromatic rings. The predicted molar refractivity (Wildman–Crippen MR) is 154 cm³/mol. The molecule has 0 aliphatic rings. The first kappa shape index (κ1) is 23.9. The van der Waals surface area contributed by atoms with Crippen molar-refractivity contribution in [3.05, 3.63) is 102 Å². The van der Waals surface area contributed by atoms with Crippen LogP contribution in [-0.2, 0) is 11.2 Å². The van der Waals surface area contributed by atoms with Gasteiger partial charge in [0.25, 0.3) is 0 Å². The van der Waals surface area contributed by atoms with Gasteiger partial charge in [0.15, 0.2) is 11.0 Å². The lowest BCUT2D eigenvalue weighted by molar-refractivity contribution is -0.115. The van der Waals surface area contributed by atoms with E-state index in [2.05, 4.69) is 30.5 Å². The smallest absolute Gasteiger partial charge is 0.228 e. The van der Waals surface area contributed by atoms with Gasteiger partial charge in [-0.1, -0.05) is 42.5 Å². The van der Waals surface area contributed by atoms with Gasteiger partial charge in [-0.25, -0.2) is 4.98 Å². The van der Waals surface area contributed by atoms with Gasteiger partial charge in [-0.2, -0.15) is 9.49 Å². The molecule has 0 unspecified atom stereocenters. The Morgan fingerprint density at radius 2 is 1.85 bits per heavy atom. The molecule has 3 N–H and O–H groups in total. The molecule has 0 saturated carbocycles. The number of nitrogens with zero attached hydrogens (tertiary/aromatic N) is 4. The maximum absolute atomic E-state index is 13.7. The number of pyridine rings is 2. The Hall–Kier alpha value is -5.22. The summed E-state index contributed by atoms with van der Waals surface area (Å²) in [6, 6.07) is 22.3. The number of benzene rings is 2. The van der Waals surface area contributed by atoms with Crippen LogP contribution in [-0.4, -0.2) is 36.0 Å². The first-order valence-electron chi connectivity index (χ1n) is 12.5. The molecule has 0 radical (unpaired) electrons. The van der Waals surface area contributed by atoms with Crippen molar-refractivity contribution in [1.82, 2.24) is 30.1 Å². The van der Waals surface area contributed by atoms with E-state index < -0.39 is 0 Å². The SMILES string of the molecule is O=C(Cc1ccccc1)Nc1cncc(-c2cc3c(-c4nc5c(-c6ccc(F)s6)cccc5[nH]4)n[nH]c3cn2)c1. The van der Waals surface area contributed by atoms with E-state index in [0.717, 1.165) is 54.8 Å². The molecule has 1 amide bonds. The van der Waals surface area contributed by atoms with Crippen molar-refractivity contribution in [2.24, 2.45) is 0 Å². The van der Waals surface area contributed by atoms with Gasteiger partial charge in [0, 0.05) is 27.6 Å². The van der Waals surface area contributed by atoms with Crippen LogP contribution in [0.5, 0.6) is 0 Å². The van der Waals surface area contributed by atoms with Gasteiger partial charge in [0.2, 0.25) is 5.91 Å². The van der Waals surface area contributed by atoms with Gasteiger partial charge in [0.1, 0.15) is 5.69 Å². The van der Waals surface area contributed by atoms with E-state index in [-0.39, 0.29) is 17.5 Å². The average molecular weight is 546 g/mol. The van der Waals surface area contributed by atoms with Crippen LogP contribution in [0.25, 0.3) is 55.2 Å². The highest BCUT2D eigenvalue weighted by Gasteiger charge is 2.17. The van der Waals surface area contributed by atoms with Crippen LogP contribution in [0.3, 0.4) is 0 Å². The zero-order valence-electron chi connectivity index (χ0n) is 20.9. The normalized spacial score (nSPS) is 11.3. The molecule has 7 rings (SSSR count). The Kier molecular flexibility index (Phi) is 5.86. The van der Waals surface area contributed by atoms with Gasteiger partial charge < -0.3 is 10.3 Å². The van der Waals surface area contributed by atoms with Crippen molar-refractivity contribution < 1.29 is 9.18 Å². The molecular formula is C30H20FN7OS. The Labute approximate surface area is 231 Å². The monoisotopic (exact) mass is 545 g/mol. The lowest BCUT2D eigenvalue weighted by Gasteiger charge is -2.07. The Morgan fingerprint density at radius 1 is 0.950 bits per heavy atom. The molecule has 5 heterocycles. The summed E-state index contributed by atoms with van der Waals surface area (Å²) in [5.41, 5.74) is 6.76. The van der Waals surface area contributed by atoms with Crippen LogP contribution in [0.15, 0.2) is 91.4 Å². The van der Waals surface area contributed by atoms with E-state index >= 15 is 0 Å². The third-order valence-electron chi connectivity index (χ3n) is 6.55. The molecule has 0 atom stereocenters. The molecule has 0 aliphatic heterocycles. The molecular weight excluding hydrogens is 525 g/mol. The fraction of sp³-hybridized carbons (Fsp3) is 0.0333. The number of hydrogen-bond donors (Lipinski definition) is 3. The van der Waals surface area contributed by atoms with Crippen molar-refractivity contribution in [2.45, 2.75) is 6.42 Å². The van der Waals surface area contributed by atoms with Crippen LogP contribution in [0.4, 0.5) is 10.1 Å². The summed E-state index contributed by atoms with van der Waals surface area (Å²) in [7, 11) is 0. The highest BCUT2D eigenvalue weighted by atomic mass is 32.1. The number of aromatic amines is 2. The minimum Gasteiger partial charge on any atom is -0.337 e. The van der Waals surface area contributed by atoms with E-state index in [1.54, 1.807) is 24.7 Å². The summed E-state index contributed by atoms with van der Waals surface area (Å²) in [6.45, 7) is 0. The summed E-state index contributed by atoms with van der Waals surface area (Å²) in [4.78, 5) is 30.5. The molecule has 10 heteroatoms. The molecule has 0 saturated heterocycles. The lowest BCUT2D eigenvalue weighted by atomic mass is 10.1. The average Bonchev–Trinajstić information content (AvgIpc) is 3.71. The molecule has 0 spiro atoms. The van der Waals surface area contributed by atoms with Crippen LogP contribution in [0.1, 0.15) is 5.56 Å². The number of carbonyl (C=O) groups excluding carboxylic acids is 1. The van der Waals surface area contributed by atoms with E-state index in [9.17, 15) is 9.18 Å². The number of rotatable bonds is 6. The molecule has 8 nitrogen and oxygen atoms in total. The number of carbonyl (C=O) groups is 1. The third-order valence-corrected chi connectivity index (χ3v) is 7.46. The summed E-state index contributed by atoms with van der Waals surface area (Å²) in [5, 5.41) is 11.0. The Balaban J connectivity index is 1.21. The van der Waals surface area contributed by atoms with Gasteiger partial charge in [0.05, 0.1) is 46.7 Å². The maximum Gasteiger partial charge on any atom is 0.228 e. The second-order valence-corrected chi connectivity index (χ2v) is 10.3. The van der Waals surface area contributed by atoms with Crippen molar-refractivity contribution in [1.29, 1.82) is 0 Å². The fourth-order valence-corrected chi connectivity index (χ4v) is 5.45. The standard InChI is InChI=1S/C30H20FN7OS/c31-26-10-9-25(40-26)20-7-4-8-22-28(20)36-30(35-22)29-21-13-23(33-16-24(21)37-38-29)18-12-19(15-32-14-18)34-27(39)11-17-5-2-1-3-6-17/h1-10,12-16H,11H2,(H,34,39)(H,35,36)(H,37,38). The fourth-order valence-electron chi connectivity index (χ4n) is 4.69. The number of H-pyrrole nitrogens is 2. The topological polar surface area (TPSA) is 112 Å². The van der Waals surface area contributed by atoms with Crippen molar-refractivity contribution in [2.75, 3.05) is 5.32 Å². The van der Waals surface area contributed by atoms with Gasteiger partial charge in [-0.15, -0.1) is 11.3 Å². The number of anilines is 1. The Morgan fingerprint density at radius 3 is 2.70 bits per heavy atom. The highest BCUT2D eigenvalue weighted by Crippen LogP contribution is 2.35. The number of nitrogens with one attached hydrogen (secondary N) is 3. The molecule has 40 heavy (non-hydrogen) atoms. The summed E-state index contributed by atoms with van der Waals surface area (Å²) in [5.74, 6) is 0.461. The molecule has 0 bridgehead atoms. The summed E-state index contributed by atoms with van der Waals surface area (Å²) >= 11 is 1.09. The van der Waals surface area contributed by atoms with Crippen LogP contribution in [0, 0.1) is 5.13 Å². The summed E-state index contributed by atoms with van der Waals surface area (Å²) < 4.78 is 13.7. The second-order valence-electron chi connectivity index (χ2n) is 9.25. The Bertz CT molecular complexity index is 2010. The zero-order valence-corrected chi connectivity index (χ0v) is 21.7. The maximum atomic E-state index is 13.7. The van der Waals surface area contributed by atoms with Crippen LogP contribution < -0.4 is 5.32 Å². The first-order valence-corrected chi connectivity index (χ1v) is 13.3. The van der Waals surface area contributed by atoms with E-state index in [4.69, 9.17) is 4.98 Å². The van der Waals surface area contributed by atoms with Crippen molar-refractivity contribution in [3.63, 3.8) is 0 Å². The molecule has 0 fully saturated rings. The molecule has 194 valence electrons. The van der Waals surface area contributed by atoms with Crippen molar-refractivity contribution >= 4 is 44.9 Å². The number of amides is 1. The number of halogens is 1. The summed E-state index contributed by atoms with van der Waals surface area (Å²) in [6.07, 6.45) is 5.30. The minimum absolute atomic E-state index is 0.125. The van der Waals surface area contributed by atoms with Crippen LogP contribution in [0.2, 0.25) is 0 Å². The highest BCUT2D eigenvalue weighted by molar-refractivity contribution is 7.14. The van der Waals surface area contributed by atoms with E-state index in [1.807, 2.05) is 60.7 Å². The number of para-hydroxylation sites is 1. The first-order chi connectivity index (χ1) is 19.6. The molecule has 2 aromatic carbocycles. The lowest BCUT2D eigenvalue weighted by Crippen LogP contribution is -2.14. The molecule has 5 aromatic heterocycles. The number of hydrogen-bond acceptors (Lipinski definition) is 6. The minimum atomic E-state index is -0.240. The molecule has 0 aliphatic carbocycles. The van der Waals surface area contributed by atoms with Crippen LogP contribution >= 0.6 is 11.3 Å². The van der Waals surface area contributed by atoms with Gasteiger partial charge >= 0.3 is 0 Å². The number of thiophene rings is 1. The van der Waals surface area contributed by atoms with Gasteiger partial charge in [-0.05, 0) is 35.9 Å². The second kappa shape index (κ2) is 9.83. The van der Waals surface area contributed by atoms with E-state index in [1.165, 1.54) is 6.07 Å².